The lowest BCUT2D eigenvalue weighted by atomic mass is 9.81. The second kappa shape index (κ2) is 7.31. The van der Waals surface area contributed by atoms with Crippen molar-refractivity contribution < 1.29 is 14.3 Å². The van der Waals surface area contributed by atoms with Crippen molar-refractivity contribution in [3.63, 3.8) is 0 Å². The Bertz CT molecular complexity index is 1490. The number of carbonyl (C=O) groups excluding carboxylic acids is 1. The molecule has 2 heterocycles. The molecule has 0 fully saturated rings. The van der Waals surface area contributed by atoms with Crippen molar-refractivity contribution >= 4 is 11.5 Å². The zero-order chi connectivity index (χ0) is 24.6. The van der Waals surface area contributed by atoms with E-state index in [1.807, 2.05) is 32.0 Å². The van der Waals surface area contributed by atoms with Crippen molar-refractivity contribution in [3.05, 3.63) is 105 Å². The SMILES string of the molecule is C=C(C)c1c(F)ccc2c1CC1Cc3ccccc3C21N1CN(CC)C(=O)c2c(O)c(=O)ccn21. The van der Waals surface area contributed by atoms with Crippen molar-refractivity contribution in [1.82, 2.24) is 9.58 Å². The first kappa shape index (κ1) is 21.6. The lowest BCUT2D eigenvalue weighted by Crippen LogP contribution is -2.63. The summed E-state index contributed by atoms with van der Waals surface area (Å²) < 4.78 is 16.7. The van der Waals surface area contributed by atoms with Gasteiger partial charge in [-0.1, -0.05) is 36.9 Å². The van der Waals surface area contributed by atoms with Crippen LogP contribution in [0.2, 0.25) is 0 Å². The zero-order valence-electron chi connectivity index (χ0n) is 19.7. The summed E-state index contributed by atoms with van der Waals surface area (Å²) in [4.78, 5) is 27.2. The second-order valence-corrected chi connectivity index (χ2v) is 9.68. The van der Waals surface area contributed by atoms with Crippen LogP contribution in [-0.2, 0) is 18.4 Å². The maximum atomic E-state index is 15.0. The first-order chi connectivity index (χ1) is 16.8. The van der Waals surface area contributed by atoms with Gasteiger partial charge < -0.3 is 10.0 Å². The molecule has 2 unspecified atom stereocenters. The fourth-order valence-electron chi connectivity index (χ4n) is 6.56. The van der Waals surface area contributed by atoms with Crippen LogP contribution in [0.1, 0.15) is 52.2 Å². The molecule has 7 heteroatoms. The molecule has 0 spiro atoms. The van der Waals surface area contributed by atoms with Crippen molar-refractivity contribution in [2.75, 3.05) is 18.2 Å². The Morgan fingerprint density at radius 2 is 1.91 bits per heavy atom. The zero-order valence-corrected chi connectivity index (χ0v) is 19.7. The molecule has 0 saturated carbocycles. The highest BCUT2D eigenvalue weighted by Crippen LogP contribution is 2.57. The van der Waals surface area contributed by atoms with Gasteiger partial charge in [-0.25, -0.2) is 4.39 Å². The molecule has 35 heavy (non-hydrogen) atoms. The summed E-state index contributed by atoms with van der Waals surface area (Å²) in [5, 5.41) is 12.8. The number of pyridine rings is 1. The fourth-order valence-corrected chi connectivity index (χ4v) is 6.56. The van der Waals surface area contributed by atoms with E-state index in [2.05, 4.69) is 23.7 Å². The summed E-state index contributed by atoms with van der Waals surface area (Å²) in [7, 11) is 0. The van der Waals surface area contributed by atoms with Gasteiger partial charge in [-0.2, -0.15) is 0 Å². The second-order valence-electron chi connectivity index (χ2n) is 9.68. The average molecular weight is 472 g/mol. The van der Waals surface area contributed by atoms with E-state index in [0.717, 1.165) is 23.1 Å². The van der Waals surface area contributed by atoms with E-state index in [0.29, 0.717) is 24.1 Å². The van der Waals surface area contributed by atoms with Gasteiger partial charge in [0.15, 0.2) is 11.4 Å². The smallest absolute Gasteiger partial charge is 0.277 e. The van der Waals surface area contributed by atoms with Crippen LogP contribution < -0.4 is 10.4 Å². The van der Waals surface area contributed by atoms with Crippen LogP contribution in [0.4, 0.5) is 4.39 Å². The summed E-state index contributed by atoms with van der Waals surface area (Å²) in [5.41, 5.74) is 4.08. The third kappa shape index (κ3) is 2.63. The first-order valence-corrected chi connectivity index (χ1v) is 11.9. The molecule has 6 nitrogen and oxygen atoms in total. The van der Waals surface area contributed by atoms with Crippen LogP contribution in [0.3, 0.4) is 0 Å². The summed E-state index contributed by atoms with van der Waals surface area (Å²) >= 11 is 0. The minimum atomic E-state index is -0.714. The minimum absolute atomic E-state index is 0.0428. The van der Waals surface area contributed by atoms with Crippen LogP contribution in [0.5, 0.6) is 5.75 Å². The van der Waals surface area contributed by atoms with Crippen LogP contribution in [0, 0.1) is 11.7 Å². The van der Waals surface area contributed by atoms with E-state index >= 15 is 4.39 Å². The number of carbonyl (C=O) groups is 1. The molecule has 0 saturated heterocycles. The van der Waals surface area contributed by atoms with Gasteiger partial charge in [0.05, 0.1) is 0 Å². The number of hydrogen-bond donors (Lipinski definition) is 1. The number of fused-ring (bicyclic) bond motifs is 6. The van der Waals surface area contributed by atoms with Gasteiger partial charge in [0.25, 0.3) is 5.91 Å². The summed E-state index contributed by atoms with van der Waals surface area (Å²) in [6.07, 6.45) is 3.01. The Hall–Kier alpha value is -3.87. The predicted octanol–water partition coefficient (Wildman–Crippen LogP) is 3.77. The highest BCUT2D eigenvalue weighted by atomic mass is 19.1. The first-order valence-electron chi connectivity index (χ1n) is 11.9. The summed E-state index contributed by atoms with van der Waals surface area (Å²) in [6.45, 7) is 8.42. The molecule has 3 aromatic rings. The molecule has 2 aromatic carbocycles. The largest absolute Gasteiger partial charge is 0.502 e. The molecular weight excluding hydrogens is 445 g/mol. The van der Waals surface area contributed by atoms with Gasteiger partial charge in [0.1, 0.15) is 18.0 Å². The molecule has 178 valence electrons. The molecule has 2 aliphatic carbocycles. The third-order valence-corrected chi connectivity index (χ3v) is 7.93. The third-order valence-electron chi connectivity index (χ3n) is 7.93. The van der Waals surface area contributed by atoms with Gasteiger partial charge in [-0.3, -0.25) is 19.3 Å². The number of hydrogen-bond acceptors (Lipinski definition) is 4. The number of aromatic hydroxyl groups is 1. The van der Waals surface area contributed by atoms with Gasteiger partial charge in [-0.15, -0.1) is 0 Å². The highest BCUT2D eigenvalue weighted by molar-refractivity contribution is 5.96. The summed E-state index contributed by atoms with van der Waals surface area (Å²) in [6, 6.07) is 12.9. The predicted molar refractivity (Wildman–Crippen MR) is 131 cm³/mol. The van der Waals surface area contributed by atoms with E-state index in [1.165, 1.54) is 17.7 Å². The maximum Gasteiger partial charge on any atom is 0.277 e. The average Bonchev–Trinajstić information content (AvgIpc) is 3.32. The Labute approximate surface area is 202 Å². The molecule has 0 bridgehead atoms. The van der Waals surface area contributed by atoms with Crippen LogP contribution in [-0.4, -0.2) is 33.8 Å². The summed E-state index contributed by atoms with van der Waals surface area (Å²) in [5.74, 6) is -1.17. The quantitative estimate of drug-likeness (QED) is 0.632. The number of aromatic nitrogens is 1. The van der Waals surface area contributed by atoms with E-state index in [1.54, 1.807) is 15.8 Å². The van der Waals surface area contributed by atoms with Crippen molar-refractivity contribution in [1.29, 1.82) is 0 Å². The van der Waals surface area contributed by atoms with Crippen molar-refractivity contribution in [2.45, 2.75) is 32.2 Å². The van der Waals surface area contributed by atoms with E-state index in [9.17, 15) is 14.7 Å². The molecule has 1 aliphatic heterocycles. The molecular formula is C28H26FN3O3. The molecule has 3 aliphatic rings. The Morgan fingerprint density at radius 3 is 2.66 bits per heavy atom. The number of amides is 1. The molecule has 1 N–H and O–H groups in total. The van der Waals surface area contributed by atoms with E-state index in [4.69, 9.17) is 0 Å². The van der Waals surface area contributed by atoms with Crippen molar-refractivity contribution in [3.8, 4) is 5.75 Å². The molecule has 1 aromatic heterocycles. The lowest BCUT2D eigenvalue weighted by molar-refractivity contribution is 0.0658. The Morgan fingerprint density at radius 1 is 1.14 bits per heavy atom. The Balaban J connectivity index is 1.72. The standard InChI is InChI=1S/C28H26FN3O3/c1-4-30-15-32(31-12-11-23(33)26(34)25(31)27(30)35)28-18(13-17-7-5-6-8-20(17)28)14-19-21(28)9-10-22(29)24(19)16(2)3/h5-12,18,34H,2,4,13-15H2,1,3H3. The maximum absolute atomic E-state index is 15.0. The van der Waals surface area contributed by atoms with Crippen LogP contribution in [0.15, 0.2) is 60.0 Å². The van der Waals surface area contributed by atoms with Gasteiger partial charge >= 0.3 is 0 Å². The number of nitrogens with zero attached hydrogens (tertiary/aromatic N) is 3. The van der Waals surface area contributed by atoms with E-state index < -0.39 is 22.6 Å². The minimum Gasteiger partial charge on any atom is -0.502 e. The number of benzene rings is 2. The topological polar surface area (TPSA) is 65.8 Å². The number of rotatable bonds is 3. The highest BCUT2D eigenvalue weighted by Gasteiger charge is 2.59. The van der Waals surface area contributed by atoms with E-state index in [-0.39, 0.29) is 24.1 Å². The van der Waals surface area contributed by atoms with Gasteiger partial charge in [-0.05, 0) is 60.6 Å². The molecule has 0 radical (unpaired) electrons. The normalized spacial score (nSPS) is 22.0. The van der Waals surface area contributed by atoms with Crippen LogP contribution in [0.25, 0.3) is 5.57 Å². The number of halogens is 1. The van der Waals surface area contributed by atoms with Crippen LogP contribution >= 0.6 is 0 Å². The molecule has 2 atom stereocenters. The van der Waals surface area contributed by atoms with Crippen molar-refractivity contribution in [2.24, 2.45) is 5.92 Å². The van der Waals surface area contributed by atoms with Gasteiger partial charge in [0.2, 0.25) is 5.43 Å². The monoisotopic (exact) mass is 471 g/mol. The van der Waals surface area contributed by atoms with Gasteiger partial charge in [0, 0.05) is 30.3 Å². The lowest BCUT2D eigenvalue weighted by Gasteiger charge is -2.50. The molecule has 1 amide bonds. The molecule has 6 rings (SSSR count). The Kier molecular flexibility index (Phi) is 4.52. The fraction of sp³-hybridized carbons (Fsp3) is 0.286. The number of allylic oxidation sites excluding steroid dienone is 1.